The molecule has 12 rings (SSSR count). The lowest BCUT2D eigenvalue weighted by atomic mass is 10.00. The van der Waals surface area contributed by atoms with Crippen LogP contribution in [0.1, 0.15) is 0 Å². The van der Waals surface area contributed by atoms with E-state index >= 15 is 0 Å². The van der Waals surface area contributed by atoms with Crippen LogP contribution in [0.2, 0.25) is 0 Å². The third-order valence-corrected chi connectivity index (χ3v) is 13.9. The van der Waals surface area contributed by atoms with Gasteiger partial charge in [0.1, 0.15) is 11.2 Å². The predicted molar refractivity (Wildman–Crippen MR) is 250 cm³/mol. The molecule has 2 nitrogen and oxygen atoms in total. The first-order chi connectivity index (χ1) is 28.7. The summed E-state index contributed by atoms with van der Waals surface area (Å²) in [7, 11) is 0. The average molecular weight is 776 g/mol. The molecule has 0 aliphatic carbocycles. The van der Waals surface area contributed by atoms with E-state index in [4.69, 9.17) is 4.42 Å². The minimum Gasteiger partial charge on any atom is -0.456 e. The third kappa shape index (κ3) is 5.37. The van der Waals surface area contributed by atoms with Crippen LogP contribution in [0.15, 0.2) is 205 Å². The molecule has 0 saturated carbocycles. The highest BCUT2D eigenvalue weighted by Gasteiger charge is 2.18. The number of fused-ring (bicyclic) bond motifs is 9. The van der Waals surface area contributed by atoms with Crippen molar-refractivity contribution >= 4 is 102 Å². The first-order valence-electron chi connectivity index (χ1n) is 19.6. The summed E-state index contributed by atoms with van der Waals surface area (Å²) in [6.45, 7) is 0. The second-order valence-corrected chi connectivity index (χ2v) is 17.0. The van der Waals surface area contributed by atoms with Crippen molar-refractivity contribution in [3.05, 3.63) is 200 Å². The molecular weight excluding hydrogens is 743 g/mol. The third-order valence-electron chi connectivity index (χ3n) is 11.5. The largest absolute Gasteiger partial charge is 0.456 e. The summed E-state index contributed by atoms with van der Waals surface area (Å²) in [4.78, 5) is 2.40. The van der Waals surface area contributed by atoms with Crippen LogP contribution in [-0.2, 0) is 0 Å². The van der Waals surface area contributed by atoms with Gasteiger partial charge in [-0.2, -0.15) is 0 Å². The van der Waals surface area contributed by atoms with Crippen molar-refractivity contribution in [1.82, 2.24) is 0 Å². The molecule has 3 aromatic heterocycles. The van der Waals surface area contributed by atoms with Crippen molar-refractivity contribution in [2.75, 3.05) is 4.90 Å². The van der Waals surface area contributed by atoms with Gasteiger partial charge in [0, 0.05) is 68.2 Å². The van der Waals surface area contributed by atoms with E-state index in [1.165, 1.54) is 62.6 Å². The molecule has 0 aliphatic rings. The quantitative estimate of drug-likeness (QED) is 0.167. The standard InChI is InChI=1S/C54H33NOS2/c1-4-22-49-43(15-1)48-33-36(27-30-50(48)56-49)35-11-7-13-39(31-35)55(38-28-25-34(26-29-38)41-18-9-20-46-44-16-2-5-23-51(44)57-53(41)46)40-14-8-12-37(32-40)42-19-10-21-47-45-17-3-6-24-52(45)58-54(42)47/h1-33H. The molecule has 0 spiro atoms. The predicted octanol–water partition coefficient (Wildman–Crippen LogP) is 16.8. The van der Waals surface area contributed by atoms with E-state index in [0.717, 1.165) is 50.1 Å². The average Bonchev–Trinajstić information content (AvgIpc) is 3.98. The van der Waals surface area contributed by atoms with E-state index in [2.05, 4.69) is 193 Å². The lowest BCUT2D eigenvalue weighted by molar-refractivity contribution is 0.669. The lowest BCUT2D eigenvalue weighted by Crippen LogP contribution is -2.10. The molecule has 0 unspecified atom stereocenters. The van der Waals surface area contributed by atoms with E-state index in [1.54, 1.807) is 0 Å². The van der Waals surface area contributed by atoms with Crippen LogP contribution >= 0.6 is 22.7 Å². The van der Waals surface area contributed by atoms with Crippen LogP contribution in [-0.4, -0.2) is 0 Å². The van der Waals surface area contributed by atoms with Crippen LogP contribution in [0.3, 0.4) is 0 Å². The Kier molecular flexibility index (Phi) is 7.62. The fourth-order valence-corrected chi connectivity index (χ4v) is 11.2. The number of rotatable bonds is 6. The number of thiophene rings is 2. The monoisotopic (exact) mass is 775 g/mol. The van der Waals surface area contributed by atoms with Crippen LogP contribution in [0.5, 0.6) is 0 Å². The molecular formula is C54H33NOS2. The summed E-state index contributed by atoms with van der Waals surface area (Å²) in [5.74, 6) is 0. The Morgan fingerprint density at radius 3 is 1.50 bits per heavy atom. The van der Waals surface area contributed by atoms with Gasteiger partial charge in [0.2, 0.25) is 0 Å². The van der Waals surface area contributed by atoms with E-state index in [1.807, 2.05) is 34.8 Å². The van der Waals surface area contributed by atoms with Gasteiger partial charge in [0.25, 0.3) is 0 Å². The van der Waals surface area contributed by atoms with E-state index in [9.17, 15) is 0 Å². The number of hydrogen-bond donors (Lipinski definition) is 0. The summed E-state index contributed by atoms with van der Waals surface area (Å²) in [6, 6.07) is 72.7. The zero-order valence-corrected chi connectivity index (χ0v) is 32.9. The van der Waals surface area contributed by atoms with Gasteiger partial charge in [-0.1, -0.05) is 133 Å². The molecule has 58 heavy (non-hydrogen) atoms. The van der Waals surface area contributed by atoms with Crippen LogP contribution < -0.4 is 4.90 Å². The fraction of sp³-hybridized carbons (Fsp3) is 0. The summed E-state index contributed by atoms with van der Waals surface area (Å²) in [6.07, 6.45) is 0. The Balaban J connectivity index is 1.00. The minimum absolute atomic E-state index is 0.902. The topological polar surface area (TPSA) is 16.4 Å². The molecule has 0 bridgehead atoms. The maximum atomic E-state index is 6.19. The Bertz CT molecular complexity index is 3530. The van der Waals surface area contributed by atoms with Crippen molar-refractivity contribution < 1.29 is 4.42 Å². The van der Waals surface area contributed by atoms with Crippen molar-refractivity contribution in [3.8, 4) is 33.4 Å². The van der Waals surface area contributed by atoms with E-state index in [-0.39, 0.29) is 0 Å². The first kappa shape index (κ1) is 33.2. The van der Waals surface area contributed by atoms with Crippen molar-refractivity contribution in [3.63, 3.8) is 0 Å². The second kappa shape index (κ2) is 13.3. The number of nitrogens with zero attached hydrogens (tertiary/aromatic N) is 1. The molecule has 0 amide bonds. The molecule has 0 fully saturated rings. The highest BCUT2D eigenvalue weighted by Crippen LogP contribution is 2.45. The van der Waals surface area contributed by atoms with Gasteiger partial charge in [-0.25, -0.2) is 0 Å². The molecule has 12 aromatic rings. The van der Waals surface area contributed by atoms with Gasteiger partial charge >= 0.3 is 0 Å². The molecule has 3 heterocycles. The maximum Gasteiger partial charge on any atom is 0.135 e. The normalized spacial score (nSPS) is 11.8. The molecule has 0 atom stereocenters. The number of hydrogen-bond acceptors (Lipinski definition) is 4. The van der Waals surface area contributed by atoms with Crippen molar-refractivity contribution in [2.24, 2.45) is 0 Å². The summed E-state index contributed by atoms with van der Waals surface area (Å²) >= 11 is 3.75. The van der Waals surface area contributed by atoms with Crippen LogP contribution in [0.25, 0.3) is 95.7 Å². The zero-order valence-electron chi connectivity index (χ0n) is 31.2. The number of furan rings is 1. The molecule has 272 valence electrons. The van der Waals surface area contributed by atoms with Crippen molar-refractivity contribution in [2.45, 2.75) is 0 Å². The van der Waals surface area contributed by atoms with Gasteiger partial charge in [-0.15, -0.1) is 22.7 Å². The number of benzene rings is 9. The van der Waals surface area contributed by atoms with Crippen LogP contribution in [0, 0.1) is 0 Å². The highest BCUT2D eigenvalue weighted by atomic mass is 32.1. The van der Waals surface area contributed by atoms with Crippen LogP contribution in [0.4, 0.5) is 17.1 Å². The molecule has 0 saturated heterocycles. The van der Waals surface area contributed by atoms with E-state index < -0.39 is 0 Å². The van der Waals surface area contributed by atoms with E-state index in [0.29, 0.717) is 0 Å². The van der Waals surface area contributed by atoms with Gasteiger partial charge < -0.3 is 9.32 Å². The number of para-hydroxylation sites is 1. The summed E-state index contributed by atoms with van der Waals surface area (Å²) < 4.78 is 11.5. The Morgan fingerprint density at radius 1 is 0.310 bits per heavy atom. The molecule has 0 N–H and O–H groups in total. The minimum atomic E-state index is 0.902. The van der Waals surface area contributed by atoms with Gasteiger partial charge in [-0.05, 0) is 100 Å². The Hall–Kier alpha value is -6.98. The summed E-state index contributed by atoms with van der Waals surface area (Å²) in [5.41, 5.74) is 12.3. The lowest BCUT2D eigenvalue weighted by Gasteiger charge is -2.27. The zero-order chi connectivity index (χ0) is 38.2. The SMILES string of the molecule is c1cc(-c2ccc3oc4ccccc4c3c2)cc(N(c2ccc(-c3cccc4c3sc3ccccc34)cc2)c2cccc(-c3cccc4c3sc3ccccc34)c2)c1. The maximum absolute atomic E-state index is 6.19. The second-order valence-electron chi connectivity index (χ2n) is 14.9. The molecule has 0 aliphatic heterocycles. The Labute approximate surface area is 343 Å². The van der Waals surface area contributed by atoms with Gasteiger partial charge in [0.05, 0.1) is 0 Å². The van der Waals surface area contributed by atoms with Crippen molar-refractivity contribution in [1.29, 1.82) is 0 Å². The summed E-state index contributed by atoms with van der Waals surface area (Å²) in [5, 5.41) is 7.51. The van der Waals surface area contributed by atoms with Gasteiger partial charge in [-0.3, -0.25) is 0 Å². The number of anilines is 3. The first-order valence-corrected chi connectivity index (χ1v) is 21.2. The fourth-order valence-electron chi connectivity index (χ4n) is 8.73. The van der Waals surface area contributed by atoms with Gasteiger partial charge in [0.15, 0.2) is 0 Å². The molecule has 0 radical (unpaired) electrons. The smallest absolute Gasteiger partial charge is 0.135 e. The Morgan fingerprint density at radius 2 is 0.810 bits per heavy atom. The molecule has 4 heteroatoms. The highest BCUT2D eigenvalue weighted by molar-refractivity contribution is 7.26. The molecule has 9 aromatic carbocycles.